The molecule has 112 valence electrons. The number of nitrogens with zero attached hydrogens (tertiary/aromatic N) is 3. The minimum Gasteiger partial charge on any atom is -0.342 e. The number of nitro groups is 1. The predicted octanol–water partition coefficient (Wildman–Crippen LogP) is 1.58. The van der Waals surface area contributed by atoms with E-state index in [2.05, 4.69) is 4.90 Å². The molecule has 2 aliphatic rings. The number of amides is 1. The molecule has 0 bridgehead atoms. The molecule has 1 fully saturated rings. The highest BCUT2D eigenvalue weighted by atomic mass is 16.6. The lowest BCUT2D eigenvalue weighted by Gasteiger charge is -2.29. The highest BCUT2D eigenvalue weighted by Gasteiger charge is 2.24. The van der Waals surface area contributed by atoms with Crippen LogP contribution in [0.15, 0.2) is 18.2 Å². The Kier molecular flexibility index (Phi) is 3.88. The average Bonchev–Trinajstić information content (AvgIpc) is 3.00. The number of hydrogen-bond donors (Lipinski definition) is 0. The van der Waals surface area contributed by atoms with Crippen LogP contribution >= 0.6 is 0 Å². The Bertz CT molecular complexity index is 567. The Morgan fingerprint density at radius 3 is 2.67 bits per heavy atom. The summed E-state index contributed by atoms with van der Waals surface area (Å²) in [7, 11) is 0. The van der Waals surface area contributed by atoms with Gasteiger partial charge < -0.3 is 4.90 Å². The zero-order chi connectivity index (χ0) is 14.8. The summed E-state index contributed by atoms with van der Waals surface area (Å²) in [6.45, 7) is 3.62. The first-order valence-electron chi connectivity index (χ1n) is 7.40. The van der Waals surface area contributed by atoms with Crippen molar-refractivity contribution in [3.8, 4) is 0 Å². The molecule has 1 amide bonds. The fraction of sp³-hybridized carbons (Fsp3) is 0.533. The van der Waals surface area contributed by atoms with Crippen LogP contribution in [0.3, 0.4) is 0 Å². The van der Waals surface area contributed by atoms with Gasteiger partial charge in [-0.05, 0) is 30.4 Å². The van der Waals surface area contributed by atoms with Crippen molar-refractivity contribution >= 4 is 11.6 Å². The van der Waals surface area contributed by atoms with Crippen LogP contribution in [0, 0.1) is 10.1 Å². The molecular weight excluding hydrogens is 270 g/mol. The van der Waals surface area contributed by atoms with E-state index >= 15 is 0 Å². The van der Waals surface area contributed by atoms with Crippen LogP contribution in [0.25, 0.3) is 0 Å². The molecule has 3 rings (SSSR count). The molecule has 2 aliphatic heterocycles. The lowest BCUT2D eigenvalue weighted by molar-refractivity contribution is -0.385. The first kappa shape index (κ1) is 14.0. The van der Waals surface area contributed by atoms with Crippen LogP contribution in [-0.2, 0) is 17.8 Å². The van der Waals surface area contributed by atoms with E-state index < -0.39 is 0 Å². The number of likely N-dealkylation sites (tertiary alicyclic amines) is 1. The number of carbonyl (C=O) groups is 1. The molecular formula is C15H19N3O3. The summed E-state index contributed by atoms with van der Waals surface area (Å²) in [4.78, 5) is 26.7. The maximum absolute atomic E-state index is 12.2. The summed E-state index contributed by atoms with van der Waals surface area (Å²) in [5.74, 6) is 0.182. The van der Waals surface area contributed by atoms with Crippen molar-refractivity contribution in [1.29, 1.82) is 0 Å². The Hall–Kier alpha value is -1.95. The summed E-state index contributed by atoms with van der Waals surface area (Å²) >= 11 is 0. The number of non-ortho nitro benzene ring substituents is 1. The molecule has 0 saturated carbocycles. The lowest BCUT2D eigenvalue weighted by atomic mass is 9.99. The number of carbonyl (C=O) groups excluding carboxylic acids is 1. The van der Waals surface area contributed by atoms with Crippen LogP contribution in [0.1, 0.15) is 24.0 Å². The van der Waals surface area contributed by atoms with E-state index in [9.17, 15) is 14.9 Å². The van der Waals surface area contributed by atoms with Crippen molar-refractivity contribution in [2.24, 2.45) is 0 Å². The van der Waals surface area contributed by atoms with Gasteiger partial charge in [0.25, 0.3) is 5.69 Å². The fourth-order valence-corrected chi connectivity index (χ4v) is 3.11. The second-order valence-electron chi connectivity index (χ2n) is 5.76. The monoisotopic (exact) mass is 289 g/mol. The molecule has 0 radical (unpaired) electrons. The minimum atomic E-state index is -0.366. The van der Waals surface area contributed by atoms with Gasteiger partial charge in [-0.25, -0.2) is 0 Å². The van der Waals surface area contributed by atoms with E-state index in [0.717, 1.165) is 50.0 Å². The third-order valence-electron chi connectivity index (χ3n) is 4.31. The van der Waals surface area contributed by atoms with Crippen molar-refractivity contribution in [3.63, 3.8) is 0 Å². The molecule has 0 spiro atoms. The molecule has 2 heterocycles. The van der Waals surface area contributed by atoms with Gasteiger partial charge in [-0.15, -0.1) is 0 Å². The van der Waals surface area contributed by atoms with Gasteiger partial charge in [0.2, 0.25) is 5.91 Å². The SMILES string of the molecule is O=C(CN1CCc2ccc([N+](=O)[O-])cc2C1)N1CCCC1. The Labute approximate surface area is 123 Å². The van der Waals surface area contributed by atoms with E-state index in [0.29, 0.717) is 13.1 Å². The molecule has 0 aromatic heterocycles. The van der Waals surface area contributed by atoms with Crippen molar-refractivity contribution in [3.05, 3.63) is 39.4 Å². The quantitative estimate of drug-likeness (QED) is 0.626. The van der Waals surface area contributed by atoms with Crippen molar-refractivity contribution in [2.45, 2.75) is 25.8 Å². The topological polar surface area (TPSA) is 66.7 Å². The average molecular weight is 289 g/mol. The highest BCUT2D eigenvalue weighted by molar-refractivity contribution is 5.78. The molecule has 6 nitrogen and oxygen atoms in total. The summed E-state index contributed by atoms with van der Waals surface area (Å²) in [5, 5.41) is 10.9. The van der Waals surface area contributed by atoms with E-state index in [1.165, 1.54) is 0 Å². The molecule has 0 unspecified atom stereocenters. The molecule has 1 aromatic carbocycles. The molecule has 0 N–H and O–H groups in total. The number of hydrogen-bond acceptors (Lipinski definition) is 4. The van der Waals surface area contributed by atoms with Crippen LogP contribution in [0.5, 0.6) is 0 Å². The zero-order valence-electron chi connectivity index (χ0n) is 12.0. The lowest BCUT2D eigenvalue weighted by Crippen LogP contribution is -2.41. The van der Waals surface area contributed by atoms with Gasteiger partial charge in [-0.1, -0.05) is 6.07 Å². The van der Waals surface area contributed by atoms with Crippen LogP contribution in [0.2, 0.25) is 0 Å². The number of benzene rings is 1. The number of nitro benzene ring substituents is 1. The third-order valence-corrected chi connectivity index (χ3v) is 4.31. The summed E-state index contributed by atoms with van der Waals surface area (Å²) in [5.41, 5.74) is 2.26. The Balaban J connectivity index is 1.67. The zero-order valence-corrected chi connectivity index (χ0v) is 12.0. The van der Waals surface area contributed by atoms with E-state index in [-0.39, 0.29) is 16.5 Å². The van der Waals surface area contributed by atoms with E-state index in [1.807, 2.05) is 11.0 Å². The second-order valence-corrected chi connectivity index (χ2v) is 5.76. The standard InChI is InChI=1S/C15H19N3O3/c19-15(17-6-1-2-7-17)11-16-8-5-12-3-4-14(18(20)21)9-13(12)10-16/h3-4,9H,1-2,5-8,10-11H2. The molecule has 0 atom stereocenters. The van der Waals surface area contributed by atoms with Gasteiger partial charge >= 0.3 is 0 Å². The fourth-order valence-electron chi connectivity index (χ4n) is 3.11. The number of fused-ring (bicyclic) bond motifs is 1. The summed E-state index contributed by atoms with van der Waals surface area (Å²) in [6.07, 6.45) is 3.04. The van der Waals surface area contributed by atoms with Gasteiger partial charge in [0.15, 0.2) is 0 Å². The molecule has 0 aliphatic carbocycles. The van der Waals surface area contributed by atoms with Crippen LogP contribution in [-0.4, -0.2) is 46.8 Å². The first-order chi connectivity index (χ1) is 10.1. The number of rotatable bonds is 3. The summed E-state index contributed by atoms with van der Waals surface area (Å²) in [6, 6.07) is 5.04. The molecule has 6 heteroatoms. The second kappa shape index (κ2) is 5.81. The van der Waals surface area contributed by atoms with Crippen molar-refractivity contribution < 1.29 is 9.72 Å². The maximum atomic E-state index is 12.2. The summed E-state index contributed by atoms with van der Waals surface area (Å²) < 4.78 is 0. The normalized spacial score (nSPS) is 18.6. The van der Waals surface area contributed by atoms with Crippen LogP contribution < -0.4 is 0 Å². The van der Waals surface area contributed by atoms with Crippen LogP contribution in [0.4, 0.5) is 5.69 Å². The van der Waals surface area contributed by atoms with Gasteiger partial charge in [0, 0.05) is 38.3 Å². The third kappa shape index (κ3) is 3.05. The minimum absolute atomic E-state index is 0.126. The largest absolute Gasteiger partial charge is 0.342 e. The molecule has 1 aromatic rings. The van der Waals surface area contributed by atoms with Crippen molar-refractivity contribution in [1.82, 2.24) is 9.80 Å². The molecule has 21 heavy (non-hydrogen) atoms. The van der Waals surface area contributed by atoms with E-state index in [1.54, 1.807) is 12.1 Å². The van der Waals surface area contributed by atoms with Gasteiger partial charge in [-0.2, -0.15) is 0 Å². The molecule has 1 saturated heterocycles. The first-order valence-corrected chi connectivity index (χ1v) is 7.40. The Morgan fingerprint density at radius 2 is 1.95 bits per heavy atom. The van der Waals surface area contributed by atoms with E-state index in [4.69, 9.17) is 0 Å². The Morgan fingerprint density at radius 1 is 1.19 bits per heavy atom. The van der Waals surface area contributed by atoms with Gasteiger partial charge in [-0.3, -0.25) is 19.8 Å². The highest BCUT2D eigenvalue weighted by Crippen LogP contribution is 2.24. The van der Waals surface area contributed by atoms with Gasteiger partial charge in [0.1, 0.15) is 0 Å². The maximum Gasteiger partial charge on any atom is 0.269 e. The predicted molar refractivity (Wildman–Crippen MR) is 77.9 cm³/mol. The smallest absolute Gasteiger partial charge is 0.269 e. The van der Waals surface area contributed by atoms with Gasteiger partial charge in [0.05, 0.1) is 11.5 Å². The van der Waals surface area contributed by atoms with Crippen molar-refractivity contribution in [2.75, 3.05) is 26.2 Å².